The summed E-state index contributed by atoms with van der Waals surface area (Å²) in [5.41, 5.74) is 0.787. The van der Waals surface area contributed by atoms with Crippen LogP contribution in [-0.4, -0.2) is 47.9 Å². The molecule has 1 heterocycles. The first kappa shape index (κ1) is 17.8. The minimum atomic E-state index is -0.692. The molecule has 1 aromatic heterocycles. The molecule has 2 amide bonds. The quantitative estimate of drug-likeness (QED) is 0.732. The van der Waals surface area contributed by atoms with Gasteiger partial charge in [0.1, 0.15) is 0 Å². The molecule has 0 aliphatic heterocycles. The van der Waals surface area contributed by atoms with Crippen molar-refractivity contribution >= 4 is 54.4 Å². The Labute approximate surface area is 147 Å². The molecule has 1 aromatic carbocycles. The zero-order valence-corrected chi connectivity index (χ0v) is 15.5. The zero-order valence-electron chi connectivity index (χ0n) is 13.1. The second-order valence-electron chi connectivity index (χ2n) is 4.87. The smallest absolute Gasteiger partial charge is 0.315 e. The average molecular weight is 399 g/mol. The molecule has 0 atom stereocenters. The second kappa shape index (κ2) is 8.37. The van der Waals surface area contributed by atoms with E-state index in [2.05, 4.69) is 50.3 Å². The first-order valence-electron chi connectivity index (χ1n) is 7.41. The lowest BCUT2D eigenvalue weighted by molar-refractivity contribution is -0.136. The number of halogens is 1. The number of fused-ring (bicyclic) bond motifs is 1. The largest absolute Gasteiger partial charge is 0.347 e. The Kier molecular flexibility index (Phi) is 6.49. The SMILES string of the molecule is CCN(CC)CCNC(=O)C(=O)Nc1nc2ccc(Br)cc2s1. The van der Waals surface area contributed by atoms with Crippen LogP contribution in [0, 0.1) is 0 Å². The first-order chi connectivity index (χ1) is 11.0. The third-order valence-electron chi connectivity index (χ3n) is 3.39. The summed E-state index contributed by atoms with van der Waals surface area (Å²) in [6.07, 6.45) is 0. The number of amides is 2. The van der Waals surface area contributed by atoms with Crippen LogP contribution in [0.1, 0.15) is 13.8 Å². The van der Waals surface area contributed by atoms with Crippen molar-refractivity contribution in [3.8, 4) is 0 Å². The highest BCUT2D eigenvalue weighted by Crippen LogP contribution is 2.28. The molecule has 23 heavy (non-hydrogen) atoms. The number of nitrogens with zero attached hydrogens (tertiary/aromatic N) is 2. The van der Waals surface area contributed by atoms with E-state index in [1.54, 1.807) is 0 Å². The van der Waals surface area contributed by atoms with Gasteiger partial charge >= 0.3 is 11.8 Å². The Morgan fingerprint density at radius 2 is 2.00 bits per heavy atom. The van der Waals surface area contributed by atoms with E-state index >= 15 is 0 Å². The zero-order chi connectivity index (χ0) is 16.8. The van der Waals surface area contributed by atoms with Gasteiger partial charge in [0.05, 0.1) is 10.2 Å². The number of carbonyl (C=O) groups is 2. The Hall–Kier alpha value is -1.51. The number of rotatable bonds is 6. The van der Waals surface area contributed by atoms with Gasteiger partial charge in [0.2, 0.25) is 0 Å². The van der Waals surface area contributed by atoms with Crippen LogP contribution in [0.4, 0.5) is 5.13 Å². The van der Waals surface area contributed by atoms with Crippen LogP contribution in [0.3, 0.4) is 0 Å². The van der Waals surface area contributed by atoms with E-state index in [1.165, 1.54) is 11.3 Å². The number of anilines is 1. The van der Waals surface area contributed by atoms with E-state index in [0.717, 1.165) is 34.3 Å². The molecule has 0 spiro atoms. The normalized spacial score (nSPS) is 11.0. The summed E-state index contributed by atoms with van der Waals surface area (Å²) >= 11 is 4.72. The van der Waals surface area contributed by atoms with Crippen molar-refractivity contribution < 1.29 is 9.59 Å². The molecule has 8 heteroatoms. The van der Waals surface area contributed by atoms with Crippen molar-refractivity contribution in [1.29, 1.82) is 0 Å². The highest BCUT2D eigenvalue weighted by atomic mass is 79.9. The number of carbonyl (C=O) groups excluding carboxylic acids is 2. The number of nitrogens with one attached hydrogen (secondary N) is 2. The van der Waals surface area contributed by atoms with Gasteiger partial charge in [0.15, 0.2) is 5.13 Å². The first-order valence-corrected chi connectivity index (χ1v) is 9.02. The molecule has 0 unspecified atom stereocenters. The summed E-state index contributed by atoms with van der Waals surface area (Å²) in [6, 6.07) is 5.66. The van der Waals surface area contributed by atoms with Crippen molar-refractivity contribution in [1.82, 2.24) is 15.2 Å². The van der Waals surface area contributed by atoms with Gasteiger partial charge in [-0.2, -0.15) is 0 Å². The number of likely N-dealkylation sites (N-methyl/N-ethyl adjacent to an activating group) is 1. The molecular weight excluding hydrogens is 380 g/mol. The monoisotopic (exact) mass is 398 g/mol. The molecule has 0 aliphatic carbocycles. The molecule has 0 saturated heterocycles. The molecular formula is C15H19BrN4O2S. The van der Waals surface area contributed by atoms with Crippen LogP contribution in [0.2, 0.25) is 0 Å². The molecule has 2 aromatic rings. The van der Waals surface area contributed by atoms with Crippen molar-refractivity contribution in [2.45, 2.75) is 13.8 Å². The maximum absolute atomic E-state index is 11.9. The minimum Gasteiger partial charge on any atom is -0.347 e. The summed E-state index contributed by atoms with van der Waals surface area (Å²) in [6.45, 7) is 7.12. The Bertz CT molecular complexity index is 700. The number of aromatic nitrogens is 1. The van der Waals surface area contributed by atoms with Crippen LogP contribution in [0.15, 0.2) is 22.7 Å². The summed E-state index contributed by atoms with van der Waals surface area (Å²) in [4.78, 5) is 30.2. The number of hydrogen-bond acceptors (Lipinski definition) is 5. The number of hydrogen-bond donors (Lipinski definition) is 2. The highest BCUT2D eigenvalue weighted by molar-refractivity contribution is 9.10. The lowest BCUT2D eigenvalue weighted by Gasteiger charge is -2.17. The van der Waals surface area contributed by atoms with Gasteiger partial charge in [-0.1, -0.05) is 41.1 Å². The van der Waals surface area contributed by atoms with Crippen molar-refractivity contribution in [3.63, 3.8) is 0 Å². The highest BCUT2D eigenvalue weighted by Gasteiger charge is 2.15. The van der Waals surface area contributed by atoms with E-state index in [4.69, 9.17) is 0 Å². The van der Waals surface area contributed by atoms with E-state index in [1.807, 2.05) is 18.2 Å². The van der Waals surface area contributed by atoms with Gasteiger partial charge in [-0.15, -0.1) is 0 Å². The summed E-state index contributed by atoms with van der Waals surface area (Å²) in [5.74, 6) is -1.33. The van der Waals surface area contributed by atoms with Crippen LogP contribution in [0.5, 0.6) is 0 Å². The third-order valence-corrected chi connectivity index (χ3v) is 4.81. The molecule has 0 bridgehead atoms. The van der Waals surface area contributed by atoms with Crippen LogP contribution >= 0.6 is 27.3 Å². The number of benzene rings is 1. The molecule has 0 radical (unpaired) electrons. The van der Waals surface area contributed by atoms with Crippen molar-refractivity contribution in [3.05, 3.63) is 22.7 Å². The van der Waals surface area contributed by atoms with Crippen LogP contribution in [-0.2, 0) is 9.59 Å². The van der Waals surface area contributed by atoms with Gasteiger partial charge in [-0.3, -0.25) is 14.9 Å². The molecule has 2 N–H and O–H groups in total. The molecule has 124 valence electrons. The topological polar surface area (TPSA) is 74.3 Å². The fourth-order valence-corrected chi connectivity index (χ4v) is 3.47. The van der Waals surface area contributed by atoms with E-state index in [0.29, 0.717) is 11.7 Å². The Balaban J connectivity index is 1.88. The summed E-state index contributed by atoms with van der Waals surface area (Å²) in [5, 5.41) is 5.58. The number of thiazole rings is 1. The minimum absolute atomic E-state index is 0.419. The molecule has 0 saturated carbocycles. The second-order valence-corrected chi connectivity index (χ2v) is 6.81. The predicted octanol–water partition coefficient (Wildman–Crippen LogP) is 2.46. The van der Waals surface area contributed by atoms with Crippen molar-refractivity contribution in [2.24, 2.45) is 0 Å². The molecule has 0 fully saturated rings. The third kappa shape index (κ3) is 4.98. The lowest BCUT2D eigenvalue weighted by Crippen LogP contribution is -2.40. The molecule has 6 nitrogen and oxygen atoms in total. The fraction of sp³-hybridized carbons (Fsp3) is 0.400. The van der Waals surface area contributed by atoms with Gasteiger partial charge in [-0.25, -0.2) is 4.98 Å². The molecule has 0 aliphatic rings. The average Bonchev–Trinajstić information content (AvgIpc) is 2.92. The van der Waals surface area contributed by atoms with Gasteiger partial charge in [0, 0.05) is 17.6 Å². The van der Waals surface area contributed by atoms with Gasteiger partial charge in [0.25, 0.3) is 0 Å². The predicted molar refractivity (Wildman–Crippen MR) is 96.7 cm³/mol. The lowest BCUT2D eigenvalue weighted by atomic mass is 10.3. The van der Waals surface area contributed by atoms with E-state index in [9.17, 15) is 9.59 Å². The maximum Gasteiger partial charge on any atom is 0.315 e. The maximum atomic E-state index is 11.9. The van der Waals surface area contributed by atoms with Gasteiger partial charge < -0.3 is 10.2 Å². The Morgan fingerprint density at radius 1 is 1.26 bits per heavy atom. The Morgan fingerprint density at radius 3 is 2.70 bits per heavy atom. The van der Waals surface area contributed by atoms with Crippen LogP contribution < -0.4 is 10.6 Å². The summed E-state index contributed by atoms with van der Waals surface area (Å²) < 4.78 is 1.89. The standard InChI is InChI=1S/C15H19BrN4O2S/c1-3-20(4-2)8-7-17-13(21)14(22)19-15-18-11-6-5-10(16)9-12(11)23-15/h5-6,9H,3-4,7-8H2,1-2H3,(H,17,21)(H,18,19,22). The fourth-order valence-electron chi connectivity index (χ4n) is 2.05. The van der Waals surface area contributed by atoms with Crippen molar-refractivity contribution in [2.75, 3.05) is 31.5 Å². The molecule has 2 rings (SSSR count). The van der Waals surface area contributed by atoms with E-state index < -0.39 is 11.8 Å². The van der Waals surface area contributed by atoms with Crippen LogP contribution in [0.25, 0.3) is 10.2 Å². The van der Waals surface area contributed by atoms with E-state index in [-0.39, 0.29) is 0 Å². The summed E-state index contributed by atoms with van der Waals surface area (Å²) in [7, 11) is 0. The van der Waals surface area contributed by atoms with Gasteiger partial charge in [-0.05, 0) is 31.3 Å².